The smallest absolute Gasteiger partial charge is 0.251 e. The van der Waals surface area contributed by atoms with E-state index in [0.29, 0.717) is 56.6 Å². The summed E-state index contributed by atoms with van der Waals surface area (Å²) in [5.74, 6) is 1.79. The number of benzene rings is 2. The number of carbonyl (C=O) groups excluding carboxylic acids is 1. The fourth-order valence-corrected chi connectivity index (χ4v) is 2.49. The van der Waals surface area contributed by atoms with Gasteiger partial charge in [-0.3, -0.25) is 4.79 Å². The van der Waals surface area contributed by atoms with Gasteiger partial charge in [-0.25, -0.2) is 0 Å². The van der Waals surface area contributed by atoms with Gasteiger partial charge in [0, 0.05) is 25.3 Å². The third-order valence-corrected chi connectivity index (χ3v) is 3.81. The van der Waals surface area contributed by atoms with E-state index in [1.165, 1.54) is 0 Å². The second kappa shape index (κ2) is 12.6. The minimum Gasteiger partial charge on any atom is -0.490 e. The monoisotopic (exact) mass is 387 g/mol. The first-order valence-corrected chi connectivity index (χ1v) is 9.68. The third kappa shape index (κ3) is 7.48. The van der Waals surface area contributed by atoms with Crippen molar-refractivity contribution in [2.45, 2.75) is 20.3 Å². The van der Waals surface area contributed by atoms with E-state index in [4.69, 9.17) is 18.9 Å². The van der Waals surface area contributed by atoms with Crippen molar-refractivity contribution >= 4 is 5.91 Å². The molecule has 6 heteroatoms. The van der Waals surface area contributed by atoms with Crippen LogP contribution in [0.5, 0.6) is 17.2 Å². The van der Waals surface area contributed by atoms with Crippen molar-refractivity contribution in [1.82, 2.24) is 5.32 Å². The van der Waals surface area contributed by atoms with Crippen LogP contribution in [-0.4, -0.2) is 45.5 Å². The van der Waals surface area contributed by atoms with Gasteiger partial charge in [0.15, 0.2) is 11.5 Å². The second-order valence-corrected chi connectivity index (χ2v) is 5.91. The second-order valence-electron chi connectivity index (χ2n) is 5.91. The van der Waals surface area contributed by atoms with Crippen molar-refractivity contribution in [1.29, 1.82) is 0 Å². The van der Waals surface area contributed by atoms with Gasteiger partial charge < -0.3 is 24.3 Å². The lowest BCUT2D eigenvalue weighted by molar-refractivity contribution is 0.0943. The average Bonchev–Trinajstić information content (AvgIpc) is 2.72. The highest BCUT2D eigenvalue weighted by Crippen LogP contribution is 2.28. The minimum atomic E-state index is -0.142. The predicted octanol–water partition coefficient (Wildman–Crippen LogP) is 3.70. The van der Waals surface area contributed by atoms with E-state index in [1.807, 2.05) is 44.2 Å². The fraction of sp³-hybridized carbons (Fsp3) is 0.409. The molecular weight excluding hydrogens is 358 g/mol. The molecule has 0 bridgehead atoms. The zero-order valence-electron chi connectivity index (χ0n) is 16.6. The number of amides is 1. The van der Waals surface area contributed by atoms with E-state index in [0.717, 1.165) is 12.2 Å². The van der Waals surface area contributed by atoms with Crippen molar-refractivity contribution < 1.29 is 23.7 Å². The van der Waals surface area contributed by atoms with Crippen molar-refractivity contribution in [3.63, 3.8) is 0 Å². The van der Waals surface area contributed by atoms with Gasteiger partial charge in [-0.05, 0) is 50.6 Å². The van der Waals surface area contributed by atoms with Crippen LogP contribution in [0.4, 0.5) is 0 Å². The Bertz CT molecular complexity index is 705. The molecule has 0 saturated carbocycles. The Hall–Kier alpha value is -2.73. The first kappa shape index (κ1) is 21.6. The molecule has 0 aliphatic rings. The first-order chi connectivity index (χ1) is 13.7. The number of para-hydroxylation sites is 1. The highest BCUT2D eigenvalue weighted by Gasteiger charge is 2.11. The maximum Gasteiger partial charge on any atom is 0.251 e. The van der Waals surface area contributed by atoms with Crippen LogP contribution >= 0.6 is 0 Å². The maximum absolute atomic E-state index is 12.3. The fourth-order valence-electron chi connectivity index (χ4n) is 2.49. The van der Waals surface area contributed by atoms with Crippen LogP contribution < -0.4 is 19.5 Å². The molecule has 0 unspecified atom stereocenters. The van der Waals surface area contributed by atoms with Crippen LogP contribution in [-0.2, 0) is 4.74 Å². The summed E-state index contributed by atoms with van der Waals surface area (Å²) in [5.41, 5.74) is 0.535. The van der Waals surface area contributed by atoms with Crippen LogP contribution in [0.3, 0.4) is 0 Å². The lowest BCUT2D eigenvalue weighted by Gasteiger charge is -2.14. The van der Waals surface area contributed by atoms with Gasteiger partial charge in [0.25, 0.3) is 5.91 Å². The number of hydrogen-bond acceptors (Lipinski definition) is 5. The number of rotatable bonds is 13. The van der Waals surface area contributed by atoms with E-state index in [1.54, 1.807) is 18.2 Å². The molecule has 6 nitrogen and oxygen atoms in total. The molecule has 1 N–H and O–H groups in total. The Kier molecular flexibility index (Phi) is 9.72. The molecule has 0 aliphatic heterocycles. The summed E-state index contributed by atoms with van der Waals surface area (Å²) in [7, 11) is 0. The highest BCUT2D eigenvalue weighted by molar-refractivity contribution is 5.94. The lowest BCUT2D eigenvalue weighted by Crippen LogP contribution is -2.25. The third-order valence-electron chi connectivity index (χ3n) is 3.81. The maximum atomic E-state index is 12.3. The number of ether oxygens (including phenoxy) is 4. The Morgan fingerprint density at radius 2 is 1.64 bits per heavy atom. The number of nitrogens with one attached hydrogen (secondary N) is 1. The summed E-state index contributed by atoms with van der Waals surface area (Å²) in [6.07, 6.45) is 0.778. The molecular formula is C22H29NO5. The zero-order valence-corrected chi connectivity index (χ0v) is 16.6. The average molecular weight is 387 g/mol. The molecule has 0 fully saturated rings. The largest absolute Gasteiger partial charge is 0.490 e. The summed E-state index contributed by atoms with van der Waals surface area (Å²) < 4.78 is 22.3. The molecule has 0 saturated heterocycles. The molecule has 0 aliphatic carbocycles. The summed E-state index contributed by atoms with van der Waals surface area (Å²) >= 11 is 0. The minimum absolute atomic E-state index is 0.142. The SMILES string of the molecule is CCOCCCNC(=O)c1ccc(OCCOc2ccccc2)c(OCC)c1. The molecule has 0 atom stereocenters. The highest BCUT2D eigenvalue weighted by atomic mass is 16.5. The predicted molar refractivity (Wildman–Crippen MR) is 108 cm³/mol. The van der Waals surface area contributed by atoms with Crippen LogP contribution in [0, 0.1) is 0 Å². The van der Waals surface area contributed by atoms with E-state index < -0.39 is 0 Å². The summed E-state index contributed by atoms with van der Waals surface area (Å²) in [6.45, 7) is 7.00. The van der Waals surface area contributed by atoms with E-state index >= 15 is 0 Å². The summed E-state index contributed by atoms with van der Waals surface area (Å²) in [5, 5.41) is 2.88. The van der Waals surface area contributed by atoms with E-state index in [2.05, 4.69) is 5.32 Å². The van der Waals surface area contributed by atoms with Crippen molar-refractivity contribution in [2.24, 2.45) is 0 Å². The molecule has 152 valence electrons. The van der Waals surface area contributed by atoms with Gasteiger partial charge in [0.2, 0.25) is 0 Å². The molecule has 2 aromatic carbocycles. The van der Waals surface area contributed by atoms with E-state index in [-0.39, 0.29) is 5.91 Å². The van der Waals surface area contributed by atoms with Crippen molar-refractivity contribution in [3.05, 3.63) is 54.1 Å². The van der Waals surface area contributed by atoms with Crippen LogP contribution in [0.1, 0.15) is 30.6 Å². The topological polar surface area (TPSA) is 66.0 Å². The van der Waals surface area contributed by atoms with Gasteiger partial charge in [-0.15, -0.1) is 0 Å². The Labute approximate surface area is 166 Å². The van der Waals surface area contributed by atoms with Crippen molar-refractivity contribution in [3.8, 4) is 17.2 Å². The van der Waals surface area contributed by atoms with Crippen LogP contribution in [0.2, 0.25) is 0 Å². The Morgan fingerprint density at radius 1 is 0.857 bits per heavy atom. The molecule has 1 amide bonds. The Balaban J connectivity index is 1.85. The lowest BCUT2D eigenvalue weighted by atomic mass is 10.2. The van der Waals surface area contributed by atoms with E-state index in [9.17, 15) is 4.79 Å². The molecule has 2 aromatic rings. The molecule has 2 rings (SSSR count). The zero-order chi connectivity index (χ0) is 20.0. The van der Waals surface area contributed by atoms with Gasteiger partial charge in [0.1, 0.15) is 19.0 Å². The first-order valence-electron chi connectivity index (χ1n) is 9.68. The molecule has 0 heterocycles. The molecule has 0 radical (unpaired) electrons. The summed E-state index contributed by atoms with van der Waals surface area (Å²) in [4.78, 5) is 12.3. The number of carbonyl (C=O) groups is 1. The molecule has 0 aromatic heterocycles. The Morgan fingerprint density at radius 3 is 2.39 bits per heavy atom. The standard InChI is InChI=1S/C22H29NO5/c1-3-25-14-8-13-23-22(24)18-11-12-20(21(17-18)26-4-2)28-16-15-27-19-9-6-5-7-10-19/h5-7,9-12,17H,3-4,8,13-16H2,1-2H3,(H,23,24). The van der Waals surface area contributed by atoms with Gasteiger partial charge >= 0.3 is 0 Å². The van der Waals surface area contributed by atoms with Gasteiger partial charge in [-0.2, -0.15) is 0 Å². The van der Waals surface area contributed by atoms with Gasteiger partial charge in [-0.1, -0.05) is 18.2 Å². The van der Waals surface area contributed by atoms with Crippen LogP contribution in [0.25, 0.3) is 0 Å². The number of hydrogen-bond donors (Lipinski definition) is 1. The van der Waals surface area contributed by atoms with Crippen molar-refractivity contribution in [2.75, 3.05) is 39.6 Å². The summed E-state index contributed by atoms with van der Waals surface area (Å²) in [6, 6.07) is 14.8. The van der Waals surface area contributed by atoms with Crippen LogP contribution in [0.15, 0.2) is 48.5 Å². The molecule has 0 spiro atoms. The quantitative estimate of drug-likeness (QED) is 0.531. The molecule has 28 heavy (non-hydrogen) atoms. The van der Waals surface area contributed by atoms with Gasteiger partial charge in [0.05, 0.1) is 6.61 Å². The normalized spacial score (nSPS) is 10.4.